The van der Waals surface area contributed by atoms with Crippen LogP contribution in [-0.2, 0) is 23.1 Å². The Morgan fingerprint density at radius 2 is 1.64 bits per heavy atom. The number of anilines is 1. The summed E-state index contributed by atoms with van der Waals surface area (Å²) in [5.41, 5.74) is 2.19. The highest BCUT2D eigenvalue weighted by Gasteiger charge is 2.17. The van der Waals surface area contributed by atoms with Crippen LogP contribution >= 0.6 is 0 Å². The van der Waals surface area contributed by atoms with E-state index >= 15 is 0 Å². The van der Waals surface area contributed by atoms with Crippen LogP contribution < -0.4 is 10.0 Å². The number of benzene rings is 3. The first-order valence-corrected chi connectivity index (χ1v) is 11.6. The maximum Gasteiger partial charge on any atom is 0.261 e. The lowest BCUT2D eigenvalue weighted by atomic mass is 10.1. The summed E-state index contributed by atoms with van der Waals surface area (Å²) in [6.07, 6.45) is 5.30. The first kappa shape index (κ1) is 22.2. The van der Waals surface area contributed by atoms with E-state index in [4.69, 9.17) is 0 Å². The number of para-hydroxylation sites is 1. The summed E-state index contributed by atoms with van der Waals surface area (Å²) in [5.74, 6) is -1.01. The van der Waals surface area contributed by atoms with Gasteiger partial charge in [0.2, 0.25) is 0 Å². The molecule has 4 aromatic rings. The second-order valence-corrected chi connectivity index (χ2v) is 8.98. The van der Waals surface area contributed by atoms with Crippen molar-refractivity contribution in [1.29, 1.82) is 0 Å². The monoisotopic (exact) mass is 464 g/mol. The van der Waals surface area contributed by atoms with E-state index in [1.165, 1.54) is 48.5 Å². The van der Waals surface area contributed by atoms with E-state index < -0.39 is 15.8 Å². The zero-order valence-corrected chi connectivity index (χ0v) is 18.3. The zero-order chi connectivity index (χ0) is 23.3. The maximum atomic E-state index is 13.8. The molecule has 0 saturated carbocycles. The number of nitrogens with zero attached hydrogens (tertiary/aromatic N) is 2. The molecule has 3 aromatic carbocycles. The number of aromatic nitrogens is 2. The molecule has 4 rings (SSSR count). The summed E-state index contributed by atoms with van der Waals surface area (Å²) >= 11 is 0. The predicted octanol–water partition coefficient (Wildman–Crippen LogP) is 3.80. The molecule has 168 valence electrons. The molecule has 0 saturated heterocycles. The third kappa shape index (κ3) is 5.45. The van der Waals surface area contributed by atoms with Gasteiger partial charge in [0.15, 0.2) is 0 Å². The molecular weight excluding hydrogens is 443 g/mol. The molecule has 33 heavy (non-hydrogen) atoms. The number of halogens is 1. The Morgan fingerprint density at radius 1 is 0.939 bits per heavy atom. The molecule has 2 N–H and O–H groups in total. The molecule has 0 aliphatic heterocycles. The zero-order valence-electron chi connectivity index (χ0n) is 17.5. The van der Waals surface area contributed by atoms with Gasteiger partial charge in [0.1, 0.15) is 5.82 Å². The molecule has 0 atom stereocenters. The number of amides is 1. The van der Waals surface area contributed by atoms with Crippen molar-refractivity contribution in [3.05, 3.63) is 114 Å². The SMILES string of the molecule is O=C(NCc1ccccc1Cn1ccnc1)c1ccc(S(=O)(=O)Nc2ccccc2F)cc1. The molecule has 0 unspecified atom stereocenters. The van der Waals surface area contributed by atoms with Crippen molar-refractivity contribution < 1.29 is 17.6 Å². The molecular formula is C24H21FN4O3S. The highest BCUT2D eigenvalue weighted by Crippen LogP contribution is 2.19. The molecule has 1 aromatic heterocycles. The van der Waals surface area contributed by atoms with Crippen molar-refractivity contribution in [2.45, 2.75) is 18.0 Å². The van der Waals surface area contributed by atoms with E-state index in [2.05, 4.69) is 15.0 Å². The third-order valence-electron chi connectivity index (χ3n) is 5.01. The summed E-state index contributed by atoms with van der Waals surface area (Å²) in [7, 11) is -3.99. The van der Waals surface area contributed by atoms with Crippen molar-refractivity contribution in [3.8, 4) is 0 Å². The summed E-state index contributed by atoms with van der Waals surface area (Å²) in [6.45, 7) is 0.951. The normalized spacial score (nSPS) is 11.2. The minimum absolute atomic E-state index is 0.0759. The summed E-state index contributed by atoms with van der Waals surface area (Å²) in [5, 5.41) is 2.86. The van der Waals surface area contributed by atoms with Gasteiger partial charge >= 0.3 is 0 Å². The third-order valence-corrected chi connectivity index (χ3v) is 6.40. The van der Waals surface area contributed by atoms with Crippen LogP contribution in [0.3, 0.4) is 0 Å². The predicted molar refractivity (Wildman–Crippen MR) is 123 cm³/mol. The second-order valence-electron chi connectivity index (χ2n) is 7.30. The fraction of sp³-hybridized carbons (Fsp3) is 0.0833. The number of imidazole rings is 1. The topological polar surface area (TPSA) is 93.1 Å². The fourth-order valence-electron chi connectivity index (χ4n) is 3.27. The van der Waals surface area contributed by atoms with Gasteiger partial charge in [-0.3, -0.25) is 9.52 Å². The molecule has 1 heterocycles. The van der Waals surface area contributed by atoms with Crippen molar-refractivity contribution in [2.75, 3.05) is 4.72 Å². The highest BCUT2D eigenvalue weighted by molar-refractivity contribution is 7.92. The number of rotatable bonds is 8. The van der Waals surface area contributed by atoms with Gasteiger partial charge in [-0.25, -0.2) is 17.8 Å². The van der Waals surface area contributed by atoms with Gasteiger partial charge < -0.3 is 9.88 Å². The molecule has 0 aliphatic carbocycles. The average molecular weight is 465 g/mol. The van der Waals surface area contributed by atoms with Crippen LogP contribution in [0.1, 0.15) is 21.5 Å². The smallest absolute Gasteiger partial charge is 0.261 e. The van der Waals surface area contributed by atoms with Gasteiger partial charge in [-0.15, -0.1) is 0 Å². The second kappa shape index (κ2) is 9.66. The molecule has 0 radical (unpaired) electrons. The standard InChI is InChI=1S/C24H21FN4O3S/c25-22-7-3-4-8-23(22)28-33(31,32)21-11-9-18(10-12-21)24(30)27-15-19-5-1-2-6-20(19)16-29-14-13-26-17-29/h1-14,17,28H,15-16H2,(H,27,30). The van der Waals surface area contributed by atoms with Crippen LogP contribution in [0.15, 0.2) is 96.4 Å². The van der Waals surface area contributed by atoms with Gasteiger partial charge in [-0.1, -0.05) is 36.4 Å². The van der Waals surface area contributed by atoms with E-state index in [0.29, 0.717) is 18.7 Å². The van der Waals surface area contributed by atoms with E-state index in [1.54, 1.807) is 12.5 Å². The van der Waals surface area contributed by atoms with E-state index in [0.717, 1.165) is 11.1 Å². The van der Waals surface area contributed by atoms with Crippen molar-refractivity contribution in [2.24, 2.45) is 0 Å². The number of sulfonamides is 1. The summed E-state index contributed by atoms with van der Waals surface area (Å²) < 4.78 is 43.0. The number of carbonyl (C=O) groups excluding carboxylic acids is 1. The van der Waals surface area contributed by atoms with Gasteiger partial charge in [-0.05, 0) is 47.5 Å². The molecule has 7 nitrogen and oxygen atoms in total. The van der Waals surface area contributed by atoms with Crippen LogP contribution in [0.25, 0.3) is 0 Å². The van der Waals surface area contributed by atoms with Crippen molar-refractivity contribution in [1.82, 2.24) is 14.9 Å². The first-order chi connectivity index (χ1) is 15.9. The number of hydrogen-bond donors (Lipinski definition) is 2. The van der Waals surface area contributed by atoms with Crippen LogP contribution in [0.2, 0.25) is 0 Å². The Bertz CT molecular complexity index is 1350. The Labute approximate surface area is 191 Å². The molecule has 9 heteroatoms. The van der Waals surface area contributed by atoms with Crippen molar-refractivity contribution >= 4 is 21.6 Å². The van der Waals surface area contributed by atoms with Crippen LogP contribution in [0, 0.1) is 5.82 Å². The Kier molecular flexibility index (Phi) is 6.50. The lowest BCUT2D eigenvalue weighted by Crippen LogP contribution is -2.23. The van der Waals surface area contributed by atoms with Gasteiger partial charge in [-0.2, -0.15) is 0 Å². The van der Waals surface area contributed by atoms with E-state index in [9.17, 15) is 17.6 Å². The Hall–Kier alpha value is -3.98. The Morgan fingerprint density at radius 3 is 2.33 bits per heavy atom. The van der Waals surface area contributed by atoms with Crippen LogP contribution in [-0.4, -0.2) is 23.9 Å². The fourth-order valence-corrected chi connectivity index (χ4v) is 4.34. The lowest BCUT2D eigenvalue weighted by Gasteiger charge is -2.12. The molecule has 0 spiro atoms. The van der Waals surface area contributed by atoms with Crippen LogP contribution in [0.4, 0.5) is 10.1 Å². The number of carbonyl (C=O) groups is 1. The van der Waals surface area contributed by atoms with E-state index in [-0.39, 0.29) is 16.5 Å². The number of hydrogen-bond acceptors (Lipinski definition) is 4. The largest absolute Gasteiger partial charge is 0.348 e. The van der Waals surface area contributed by atoms with Gasteiger partial charge in [0.05, 0.1) is 16.9 Å². The Balaban J connectivity index is 1.42. The number of nitrogens with one attached hydrogen (secondary N) is 2. The minimum Gasteiger partial charge on any atom is -0.348 e. The quantitative estimate of drug-likeness (QED) is 0.415. The van der Waals surface area contributed by atoms with Crippen molar-refractivity contribution in [3.63, 3.8) is 0 Å². The lowest BCUT2D eigenvalue weighted by molar-refractivity contribution is 0.0950. The van der Waals surface area contributed by atoms with Gasteiger partial charge in [0.25, 0.3) is 15.9 Å². The molecule has 0 aliphatic rings. The molecule has 0 bridgehead atoms. The van der Waals surface area contributed by atoms with Gasteiger partial charge in [0, 0.05) is 31.0 Å². The highest BCUT2D eigenvalue weighted by atomic mass is 32.2. The molecule has 1 amide bonds. The maximum absolute atomic E-state index is 13.8. The summed E-state index contributed by atoms with van der Waals surface area (Å²) in [4.78, 5) is 16.6. The minimum atomic E-state index is -3.99. The average Bonchev–Trinajstić information content (AvgIpc) is 3.33. The van der Waals surface area contributed by atoms with E-state index in [1.807, 2.05) is 35.0 Å². The summed E-state index contributed by atoms with van der Waals surface area (Å²) in [6, 6.07) is 18.7. The first-order valence-electron chi connectivity index (χ1n) is 10.1. The van der Waals surface area contributed by atoms with Crippen LogP contribution in [0.5, 0.6) is 0 Å². The molecule has 0 fully saturated rings.